The fourth-order valence-corrected chi connectivity index (χ4v) is 2.16. The number of rotatable bonds is 1. The van der Waals surface area contributed by atoms with Crippen LogP contribution in [0.2, 0.25) is 0 Å². The molecule has 0 aromatic heterocycles. The maximum atomic E-state index is 3.36. The van der Waals surface area contributed by atoms with Crippen LogP contribution in [0.25, 0.3) is 0 Å². The third kappa shape index (κ3) is 7.92. The maximum absolute atomic E-state index is 3.36. The van der Waals surface area contributed by atoms with Crippen molar-refractivity contribution in [1.82, 2.24) is 4.90 Å². The van der Waals surface area contributed by atoms with Crippen LogP contribution in [-0.4, -0.2) is 18.0 Å². The third-order valence-electron chi connectivity index (χ3n) is 3.74. The van der Waals surface area contributed by atoms with Crippen molar-refractivity contribution in [2.45, 2.75) is 47.5 Å². The molecule has 0 radical (unpaired) electrons. The number of likely N-dealkylation sites (tertiary alicyclic amines) is 1. The molecule has 1 atom stereocenters. The van der Waals surface area contributed by atoms with E-state index in [0.29, 0.717) is 5.92 Å². The largest absolute Gasteiger partial charge is 4.00 e. The molecule has 0 aromatic rings. The van der Waals surface area contributed by atoms with E-state index in [2.05, 4.69) is 52.1 Å². The van der Waals surface area contributed by atoms with Crippen molar-refractivity contribution in [3.05, 3.63) is 29.3 Å². The van der Waals surface area contributed by atoms with Gasteiger partial charge < -0.3 is 29.7 Å². The average molecular weight is 338 g/mol. The number of nitrogens with zero attached hydrogens (tertiary/aromatic N) is 1. The van der Waals surface area contributed by atoms with E-state index in [4.69, 9.17) is 0 Å². The molecule has 1 unspecified atom stereocenters. The van der Waals surface area contributed by atoms with Crippen molar-refractivity contribution in [3.8, 4) is 0 Å². The van der Waals surface area contributed by atoms with E-state index >= 15 is 0 Å². The van der Waals surface area contributed by atoms with Gasteiger partial charge in [0.1, 0.15) is 0 Å². The zero-order valence-electron chi connectivity index (χ0n) is 12.7. The molecule has 2 aliphatic rings. The Morgan fingerprint density at radius 1 is 1.11 bits per heavy atom. The first-order valence-corrected chi connectivity index (χ1v) is 6.37. The van der Waals surface area contributed by atoms with Gasteiger partial charge in [0, 0.05) is 0 Å². The SMILES string of the molecule is CC1=[C-]C(C)C(C)=C1C.C[CH-]N1CCCC1.[Cl-].[Cl-].[Ti+4]. The predicted octanol–water partition coefficient (Wildman–Crippen LogP) is -2.01. The summed E-state index contributed by atoms with van der Waals surface area (Å²) in [4.78, 5) is 2.36. The van der Waals surface area contributed by atoms with Crippen LogP contribution < -0.4 is 24.8 Å². The van der Waals surface area contributed by atoms with Crippen molar-refractivity contribution in [3.63, 3.8) is 0 Å². The van der Waals surface area contributed by atoms with E-state index in [1.54, 1.807) is 0 Å². The van der Waals surface area contributed by atoms with E-state index in [9.17, 15) is 0 Å². The zero-order chi connectivity index (χ0) is 12.1. The summed E-state index contributed by atoms with van der Waals surface area (Å²) in [7, 11) is 0. The Morgan fingerprint density at radius 3 is 1.74 bits per heavy atom. The molecule has 1 fully saturated rings. The summed E-state index contributed by atoms with van der Waals surface area (Å²) in [5.41, 5.74) is 4.25. The van der Waals surface area contributed by atoms with Gasteiger partial charge in [-0.05, 0) is 25.9 Å². The third-order valence-corrected chi connectivity index (χ3v) is 3.74. The molecule has 108 valence electrons. The molecule has 0 bridgehead atoms. The van der Waals surface area contributed by atoms with E-state index in [1.165, 1.54) is 42.7 Å². The molecule has 1 aliphatic carbocycles. The minimum absolute atomic E-state index is 0. The second-order valence-electron chi connectivity index (χ2n) is 4.80. The molecule has 0 saturated carbocycles. The van der Waals surface area contributed by atoms with Gasteiger partial charge in [-0.2, -0.15) is 18.1 Å². The summed E-state index contributed by atoms with van der Waals surface area (Å²) in [5.74, 6) is 0.560. The van der Waals surface area contributed by atoms with Crippen LogP contribution in [0.1, 0.15) is 47.5 Å². The van der Waals surface area contributed by atoms with Crippen molar-refractivity contribution < 1.29 is 46.5 Å². The number of halogens is 2. The fourth-order valence-electron chi connectivity index (χ4n) is 2.16. The molecule has 0 N–H and O–H groups in total. The molecule has 19 heavy (non-hydrogen) atoms. The van der Waals surface area contributed by atoms with Crippen molar-refractivity contribution in [1.29, 1.82) is 0 Å². The van der Waals surface area contributed by atoms with E-state index < -0.39 is 0 Å². The first kappa shape index (κ1) is 24.7. The molecular formula is C15H25Cl2NTi. The Labute approximate surface area is 147 Å². The van der Waals surface area contributed by atoms with Crippen molar-refractivity contribution in [2.24, 2.45) is 5.92 Å². The monoisotopic (exact) mass is 337 g/mol. The molecule has 1 aliphatic heterocycles. The Balaban J connectivity index is -0.000000237. The van der Waals surface area contributed by atoms with Crippen LogP contribution in [0.3, 0.4) is 0 Å². The molecule has 1 nitrogen and oxygen atoms in total. The van der Waals surface area contributed by atoms with Crippen molar-refractivity contribution in [2.75, 3.05) is 13.1 Å². The normalized spacial score (nSPS) is 21.5. The van der Waals surface area contributed by atoms with Gasteiger partial charge in [-0.15, -0.1) is 6.92 Å². The molecule has 2 rings (SSSR count). The van der Waals surface area contributed by atoms with Crippen LogP contribution in [0.5, 0.6) is 0 Å². The van der Waals surface area contributed by atoms with E-state index in [1.807, 2.05) is 0 Å². The second kappa shape index (κ2) is 12.5. The Hall–Kier alpha value is 0.734. The minimum atomic E-state index is 0. The predicted molar refractivity (Wildman–Crippen MR) is 70.7 cm³/mol. The molecule has 0 aromatic carbocycles. The summed E-state index contributed by atoms with van der Waals surface area (Å²) in [6.45, 7) is 15.5. The van der Waals surface area contributed by atoms with Gasteiger partial charge in [-0.25, -0.2) is 5.57 Å². The van der Waals surface area contributed by atoms with E-state index in [-0.39, 0.29) is 46.5 Å². The maximum Gasteiger partial charge on any atom is 4.00 e. The van der Waals surface area contributed by atoms with Crippen LogP contribution in [0.15, 0.2) is 16.7 Å². The second-order valence-corrected chi connectivity index (χ2v) is 4.80. The smallest absolute Gasteiger partial charge is 1.00 e. The fraction of sp³-hybridized carbons (Fsp3) is 0.667. The number of allylic oxidation sites excluding steroid dienone is 4. The summed E-state index contributed by atoms with van der Waals surface area (Å²) in [5, 5.41) is 0. The van der Waals surface area contributed by atoms with Gasteiger partial charge in [0.15, 0.2) is 0 Å². The molecule has 1 heterocycles. The zero-order valence-corrected chi connectivity index (χ0v) is 15.8. The summed E-state index contributed by atoms with van der Waals surface area (Å²) in [6, 6.07) is 0. The summed E-state index contributed by atoms with van der Waals surface area (Å²) in [6.07, 6.45) is 6.15. The molecule has 0 amide bonds. The minimum Gasteiger partial charge on any atom is -1.00 e. The summed E-state index contributed by atoms with van der Waals surface area (Å²) >= 11 is 0. The average Bonchev–Trinajstić information content (AvgIpc) is 2.86. The number of hydrogen-bond acceptors (Lipinski definition) is 1. The molecule has 0 spiro atoms. The van der Waals surface area contributed by atoms with Gasteiger partial charge in [-0.3, -0.25) is 12.6 Å². The molecule has 4 heteroatoms. The number of hydrogen-bond donors (Lipinski definition) is 0. The topological polar surface area (TPSA) is 3.24 Å². The Kier molecular flexibility index (Phi) is 16.2. The molecular weight excluding hydrogens is 313 g/mol. The van der Waals surface area contributed by atoms with Crippen LogP contribution in [-0.2, 0) is 21.7 Å². The van der Waals surface area contributed by atoms with Gasteiger partial charge in [0.05, 0.1) is 0 Å². The van der Waals surface area contributed by atoms with Crippen LogP contribution in [0, 0.1) is 18.5 Å². The van der Waals surface area contributed by atoms with Gasteiger partial charge in [0.2, 0.25) is 0 Å². The standard InChI is InChI=1S/C9H13.C6H12N.2ClH.Ti/c1-6-5-7(2)9(4)8(6)3;1-2-7-5-3-4-6-7;;;/h6H,1-4H3;2H,3-6H2,1H3;2*1H;/q2*-1;;;+4/p-2. The quantitative estimate of drug-likeness (QED) is 0.395. The Morgan fingerprint density at radius 2 is 1.58 bits per heavy atom. The first-order valence-electron chi connectivity index (χ1n) is 6.37. The van der Waals surface area contributed by atoms with Crippen LogP contribution >= 0.6 is 0 Å². The Bertz CT molecular complexity index is 295. The van der Waals surface area contributed by atoms with Gasteiger partial charge in [0.25, 0.3) is 0 Å². The molecule has 1 saturated heterocycles. The van der Waals surface area contributed by atoms with Crippen molar-refractivity contribution >= 4 is 0 Å². The van der Waals surface area contributed by atoms with Crippen LogP contribution in [0.4, 0.5) is 0 Å². The van der Waals surface area contributed by atoms with E-state index in [0.717, 1.165) is 0 Å². The van der Waals surface area contributed by atoms with Gasteiger partial charge in [-0.1, -0.05) is 26.7 Å². The first-order chi connectivity index (χ1) is 7.56. The summed E-state index contributed by atoms with van der Waals surface area (Å²) < 4.78 is 0. The van der Waals surface area contributed by atoms with Gasteiger partial charge >= 0.3 is 21.7 Å².